The lowest BCUT2D eigenvalue weighted by molar-refractivity contribution is 0.429. The van der Waals surface area contributed by atoms with Crippen molar-refractivity contribution in [2.45, 2.75) is 38.0 Å². The number of aromatic amines is 1. The van der Waals surface area contributed by atoms with Crippen molar-refractivity contribution >= 4 is 27.6 Å². The molecule has 0 aliphatic heterocycles. The zero-order valence-corrected chi connectivity index (χ0v) is 16.0. The first-order chi connectivity index (χ1) is 13.8. The van der Waals surface area contributed by atoms with Crippen LogP contribution in [0.5, 0.6) is 0 Å². The monoisotopic (exact) mass is 369 g/mol. The number of rotatable bonds is 2. The highest BCUT2D eigenvalue weighted by Gasteiger charge is 2.24. The summed E-state index contributed by atoms with van der Waals surface area (Å²) in [5.41, 5.74) is 6.59. The number of hydrogen-bond donors (Lipinski definition) is 1. The minimum absolute atomic E-state index is 0.524. The molecule has 0 unspecified atom stereocenters. The summed E-state index contributed by atoms with van der Waals surface area (Å²) in [5.74, 6) is 1.72. The molecule has 1 aromatic carbocycles. The Morgan fingerprint density at radius 2 is 1.89 bits per heavy atom. The normalized spacial score (nSPS) is 15.9. The second kappa shape index (κ2) is 5.96. The van der Waals surface area contributed by atoms with E-state index < -0.39 is 0 Å². The van der Waals surface area contributed by atoms with Gasteiger partial charge in [-0.15, -0.1) is 0 Å². The Morgan fingerprint density at radius 3 is 2.79 bits per heavy atom. The highest BCUT2D eigenvalue weighted by Crippen LogP contribution is 2.37. The van der Waals surface area contributed by atoms with Gasteiger partial charge in [-0.3, -0.25) is 4.40 Å². The van der Waals surface area contributed by atoms with E-state index in [1.807, 2.05) is 12.4 Å². The van der Waals surface area contributed by atoms with Gasteiger partial charge in [0.1, 0.15) is 5.82 Å². The third-order valence-electron chi connectivity index (χ3n) is 6.33. The van der Waals surface area contributed by atoms with E-state index in [4.69, 9.17) is 4.98 Å². The molecule has 0 radical (unpaired) electrons. The van der Waals surface area contributed by atoms with Gasteiger partial charge in [-0.05, 0) is 37.1 Å². The molecule has 0 amide bonds. The molecular formula is C23H23N5. The smallest absolute Gasteiger partial charge is 0.154 e. The summed E-state index contributed by atoms with van der Waals surface area (Å²) in [4.78, 5) is 13.1. The topological polar surface area (TPSA) is 50.9 Å². The Morgan fingerprint density at radius 1 is 1.00 bits per heavy atom. The van der Waals surface area contributed by atoms with Crippen LogP contribution < -0.4 is 0 Å². The molecule has 0 saturated heterocycles. The van der Waals surface area contributed by atoms with Gasteiger partial charge in [0.25, 0.3) is 0 Å². The van der Waals surface area contributed by atoms with Gasteiger partial charge in [-0.25, -0.2) is 9.97 Å². The van der Waals surface area contributed by atoms with Crippen LogP contribution in [0.4, 0.5) is 0 Å². The van der Waals surface area contributed by atoms with Gasteiger partial charge in [-0.1, -0.05) is 25.3 Å². The van der Waals surface area contributed by atoms with E-state index in [1.54, 1.807) is 0 Å². The van der Waals surface area contributed by atoms with Crippen LogP contribution in [0, 0.1) is 0 Å². The summed E-state index contributed by atoms with van der Waals surface area (Å²) >= 11 is 0. The number of nitrogens with zero attached hydrogens (tertiary/aromatic N) is 4. The van der Waals surface area contributed by atoms with Gasteiger partial charge in [0.15, 0.2) is 5.65 Å². The van der Waals surface area contributed by atoms with Crippen molar-refractivity contribution in [3.05, 3.63) is 54.7 Å². The number of nitrogens with one attached hydrogen (secondary N) is 1. The van der Waals surface area contributed by atoms with Gasteiger partial charge in [0.05, 0.1) is 22.9 Å². The molecule has 4 heterocycles. The second-order valence-electron chi connectivity index (χ2n) is 8.04. The SMILES string of the molecule is Cn1ccc2cc(-c3nc(C4CCCCC4)n4c3cnc3[nH]ccc34)ccc21. The Kier molecular flexibility index (Phi) is 3.39. The number of H-pyrrole nitrogens is 1. The molecule has 1 saturated carbocycles. The van der Waals surface area contributed by atoms with E-state index in [2.05, 4.69) is 62.5 Å². The first kappa shape index (κ1) is 15.9. The lowest BCUT2D eigenvalue weighted by Gasteiger charge is -2.20. The van der Waals surface area contributed by atoms with Crippen LogP contribution in [0.15, 0.2) is 48.9 Å². The van der Waals surface area contributed by atoms with Gasteiger partial charge < -0.3 is 9.55 Å². The molecule has 0 atom stereocenters. The van der Waals surface area contributed by atoms with Crippen molar-refractivity contribution in [3.8, 4) is 11.3 Å². The summed E-state index contributed by atoms with van der Waals surface area (Å²) in [5, 5.41) is 1.25. The number of aromatic nitrogens is 5. The fraction of sp³-hybridized carbons (Fsp3) is 0.304. The average Bonchev–Trinajstić information content (AvgIpc) is 3.44. The molecule has 1 fully saturated rings. The second-order valence-corrected chi connectivity index (χ2v) is 8.04. The number of hydrogen-bond acceptors (Lipinski definition) is 2. The van der Waals surface area contributed by atoms with Crippen molar-refractivity contribution in [1.29, 1.82) is 0 Å². The molecule has 1 N–H and O–H groups in total. The molecular weight excluding hydrogens is 346 g/mol. The molecule has 4 aromatic heterocycles. The highest BCUT2D eigenvalue weighted by molar-refractivity contribution is 5.90. The van der Waals surface area contributed by atoms with Gasteiger partial charge in [-0.2, -0.15) is 0 Å². The fourth-order valence-electron chi connectivity index (χ4n) is 4.86. The van der Waals surface area contributed by atoms with E-state index in [0.29, 0.717) is 5.92 Å². The minimum Gasteiger partial charge on any atom is -0.351 e. The quantitative estimate of drug-likeness (QED) is 0.452. The molecule has 0 bridgehead atoms. The van der Waals surface area contributed by atoms with Crippen LogP contribution in [0.2, 0.25) is 0 Å². The van der Waals surface area contributed by atoms with Crippen LogP contribution >= 0.6 is 0 Å². The van der Waals surface area contributed by atoms with Crippen molar-refractivity contribution in [3.63, 3.8) is 0 Å². The van der Waals surface area contributed by atoms with E-state index in [1.165, 1.54) is 48.8 Å². The number of fused-ring (bicyclic) bond motifs is 4. The van der Waals surface area contributed by atoms with Crippen molar-refractivity contribution < 1.29 is 0 Å². The molecule has 1 aliphatic carbocycles. The predicted molar refractivity (Wildman–Crippen MR) is 113 cm³/mol. The van der Waals surface area contributed by atoms with Gasteiger partial charge >= 0.3 is 0 Å². The summed E-state index contributed by atoms with van der Waals surface area (Å²) < 4.78 is 4.50. The highest BCUT2D eigenvalue weighted by atomic mass is 15.1. The lowest BCUT2D eigenvalue weighted by Crippen LogP contribution is -2.09. The largest absolute Gasteiger partial charge is 0.351 e. The molecule has 5 nitrogen and oxygen atoms in total. The summed E-state index contributed by atoms with van der Waals surface area (Å²) in [6.07, 6.45) is 12.4. The van der Waals surface area contributed by atoms with E-state index in [-0.39, 0.29) is 0 Å². The van der Waals surface area contributed by atoms with Crippen LogP contribution in [0.1, 0.15) is 43.8 Å². The van der Waals surface area contributed by atoms with Crippen LogP contribution in [-0.2, 0) is 7.05 Å². The van der Waals surface area contributed by atoms with Crippen LogP contribution in [0.25, 0.3) is 38.8 Å². The molecule has 0 spiro atoms. The van der Waals surface area contributed by atoms with Gasteiger partial charge in [0, 0.05) is 41.8 Å². The zero-order valence-electron chi connectivity index (χ0n) is 16.0. The molecule has 140 valence electrons. The maximum atomic E-state index is 5.23. The Hall–Kier alpha value is -3.08. The number of imidazole rings is 1. The van der Waals surface area contributed by atoms with Crippen molar-refractivity contribution in [2.24, 2.45) is 7.05 Å². The number of benzene rings is 1. The molecule has 5 aromatic rings. The van der Waals surface area contributed by atoms with Crippen molar-refractivity contribution in [2.75, 3.05) is 0 Å². The fourth-order valence-corrected chi connectivity index (χ4v) is 4.86. The standard InChI is InChI=1S/C23H23N5/c1-27-12-10-16-13-17(7-8-18(16)27)21-20-14-25-22-19(9-11-24-22)28(20)23(26-21)15-5-3-2-4-6-15/h7-15,24H,2-6H2,1H3. The third-order valence-corrected chi connectivity index (χ3v) is 6.33. The summed E-state index contributed by atoms with van der Waals surface area (Å²) in [7, 11) is 2.09. The third kappa shape index (κ3) is 2.25. The zero-order chi connectivity index (χ0) is 18.7. The van der Waals surface area contributed by atoms with Crippen LogP contribution in [-0.4, -0.2) is 23.9 Å². The average molecular weight is 369 g/mol. The molecule has 5 heteroatoms. The maximum absolute atomic E-state index is 5.23. The first-order valence-corrected chi connectivity index (χ1v) is 10.2. The summed E-state index contributed by atoms with van der Waals surface area (Å²) in [6.45, 7) is 0. The molecule has 1 aliphatic rings. The van der Waals surface area contributed by atoms with E-state index in [0.717, 1.165) is 27.9 Å². The number of aryl methyl sites for hydroxylation is 1. The first-order valence-electron chi connectivity index (χ1n) is 10.2. The maximum Gasteiger partial charge on any atom is 0.154 e. The summed E-state index contributed by atoms with van der Waals surface area (Å²) in [6, 6.07) is 10.9. The molecule has 6 rings (SSSR count). The van der Waals surface area contributed by atoms with E-state index in [9.17, 15) is 0 Å². The molecule has 28 heavy (non-hydrogen) atoms. The Balaban J connectivity index is 1.63. The van der Waals surface area contributed by atoms with E-state index >= 15 is 0 Å². The lowest BCUT2D eigenvalue weighted by atomic mass is 9.89. The van der Waals surface area contributed by atoms with Crippen molar-refractivity contribution in [1.82, 2.24) is 23.9 Å². The predicted octanol–water partition coefficient (Wildman–Crippen LogP) is 5.42. The Labute approximate surface area is 163 Å². The Bertz CT molecular complexity index is 1310. The van der Waals surface area contributed by atoms with Gasteiger partial charge in [0.2, 0.25) is 0 Å². The minimum atomic E-state index is 0.524. The van der Waals surface area contributed by atoms with Crippen LogP contribution in [0.3, 0.4) is 0 Å².